The molecule has 2 aliphatic rings. The van der Waals surface area contributed by atoms with Crippen molar-refractivity contribution in [1.29, 1.82) is 0 Å². The summed E-state index contributed by atoms with van der Waals surface area (Å²) in [5, 5.41) is 3.31. The van der Waals surface area contributed by atoms with Crippen molar-refractivity contribution < 1.29 is 18.0 Å². The van der Waals surface area contributed by atoms with Crippen molar-refractivity contribution in [2.75, 3.05) is 19.3 Å². The molecule has 0 bridgehead atoms. The summed E-state index contributed by atoms with van der Waals surface area (Å²) in [6, 6.07) is 14.9. The van der Waals surface area contributed by atoms with Gasteiger partial charge in [-0.05, 0) is 82.8 Å². The number of benzene rings is 2. The normalized spacial score (nSPS) is 24.6. The van der Waals surface area contributed by atoms with Crippen molar-refractivity contribution in [1.82, 2.24) is 15.1 Å². The lowest BCUT2D eigenvalue weighted by molar-refractivity contribution is -0.133. The fraction of sp³-hybridized carbons (Fsp3) is 0.500. The van der Waals surface area contributed by atoms with Gasteiger partial charge in [0.25, 0.3) is 5.91 Å². The first kappa shape index (κ1) is 27.6. The van der Waals surface area contributed by atoms with E-state index >= 15 is 0 Å². The second-order valence-electron chi connectivity index (χ2n) is 10.5. The van der Waals surface area contributed by atoms with Gasteiger partial charge in [0.2, 0.25) is 5.91 Å². The zero-order chi connectivity index (χ0) is 26.7. The quantitative estimate of drug-likeness (QED) is 0.541. The van der Waals surface area contributed by atoms with Gasteiger partial charge in [0.15, 0.2) is 9.84 Å². The molecular weight excluding hydrogens is 510 g/mol. The van der Waals surface area contributed by atoms with Crippen molar-refractivity contribution in [3.05, 3.63) is 65.2 Å². The Balaban J connectivity index is 1.52. The van der Waals surface area contributed by atoms with E-state index in [9.17, 15) is 18.0 Å². The number of halogens is 1. The predicted molar refractivity (Wildman–Crippen MR) is 145 cm³/mol. The average molecular weight is 546 g/mol. The van der Waals surface area contributed by atoms with Crippen molar-refractivity contribution in [2.24, 2.45) is 5.92 Å². The first-order valence-electron chi connectivity index (χ1n) is 12.9. The van der Waals surface area contributed by atoms with E-state index in [0.717, 1.165) is 12.8 Å². The van der Waals surface area contributed by atoms with Gasteiger partial charge in [0.05, 0.1) is 10.6 Å². The molecule has 2 aromatic carbocycles. The highest BCUT2D eigenvalue weighted by atomic mass is 35.5. The largest absolute Gasteiger partial charge is 0.340 e. The van der Waals surface area contributed by atoms with E-state index in [2.05, 4.69) is 31.1 Å². The topological polar surface area (TPSA) is 86.8 Å². The average Bonchev–Trinajstić information content (AvgIpc) is 3.23. The van der Waals surface area contributed by atoms with Crippen LogP contribution < -0.4 is 5.32 Å². The van der Waals surface area contributed by atoms with Crippen LogP contribution in [0.4, 0.5) is 0 Å². The molecule has 200 valence electrons. The number of nitrogens with zero attached hydrogens (tertiary/aromatic N) is 2. The Labute approximate surface area is 225 Å². The number of rotatable bonds is 8. The molecule has 2 fully saturated rings. The minimum atomic E-state index is -3.52. The maximum Gasteiger partial charge on any atom is 0.251 e. The third-order valence-electron chi connectivity index (χ3n) is 7.87. The Morgan fingerprint density at radius 3 is 2.51 bits per heavy atom. The Morgan fingerprint density at radius 2 is 1.84 bits per heavy atom. The number of sulfone groups is 1. The second-order valence-corrected chi connectivity index (χ2v) is 13.0. The highest BCUT2D eigenvalue weighted by molar-refractivity contribution is 7.91. The van der Waals surface area contributed by atoms with Crippen LogP contribution in [0.3, 0.4) is 0 Å². The predicted octanol–water partition coefficient (Wildman–Crippen LogP) is 4.02. The summed E-state index contributed by atoms with van der Waals surface area (Å²) in [6.07, 6.45) is 2.83. The van der Waals surface area contributed by atoms with Gasteiger partial charge in [0, 0.05) is 35.3 Å². The molecule has 1 aliphatic carbocycles. The van der Waals surface area contributed by atoms with Crippen LogP contribution in [0.15, 0.2) is 59.5 Å². The number of carbonyl (C=O) groups is 2. The summed E-state index contributed by atoms with van der Waals surface area (Å²) >= 11 is 6.02. The van der Waals surface area contributed by atoms with Crippen molar-refractivity contribution in [3.8, 4) is 0 Å². The number of likely N-dealkylation sites (tertiary alicyclic amines) is 1. The second kappa shape index (κ2) is 11.5. The molecule has 0 radical (unpaired) electrons. The van der Waals surface area contributed by atoms with Gasteiger partial charge in [-0.1, -0.05) is 35.9 Å². The molecule has 1 saturated heterocycles. The van der Waals surface area contributed by atoms with Crippen LogP contribution in [0, 0.1) is 5.92 Å². The highest BCUT2D eigenvalue weighted by Gasteiger charge is 2.44. The zero-order valence-corrected chi connectivity index (χ0v) is 23.2. The highest BCUT2D eigenvalue weighted by Crippen LogP contribution is 2.35. The standard InChI is InChI=1S/C28H36ClN3O4S/c1-19(2)31(3)23-12-13-26(21(17-23)18-37(35,36)24-10-5-4-6-11-24)32-15-14-25(28(32)34)30-27(33)20-8-7-9-22(29)16-20/h4-11,16,19,21,23,25-26H,12-15,17-18H2,1-3H3,(H,30,33)/t21-,23+,25?,26-/m0/s1. The Kier molecular flexibility index (Phi) is 8.61. The SMILES string of the molecule is CC(C)N(C)[C@@H]1CC[C@H](N2CCC(NC(=O)c3cccc(Cl)c3)C2=O)[C@H](CS(=O)(=O)c2ccccc2)C1. The van der Waals surface area contributed by atoms with Crippen LogP contribution >= 0.6 is 11.6 Å². The molecule has 4 atom stereocenters. The van der Waals surface area contributed by atoms with E-state index in [1.165, 1.54) is 0 Å². The lowest BCUT2D eigenvalue weighted by Gasteiger charge is -2.44. The maximum absolute atomic E-state index is 13.5. The molecule has 1 aliphatic heterocycles. The minimum absolute atomic E-state index is 0.00651. The molecule has 0 spiro atoms. The van der Waals surface area contributed by atoms with Gasteiger partial charge in [-0.15, -0.1) is 0 Å². The Morgan fingerprint density at radius 1 is 1.11 bits per heavy atom. The fourth-order valence-corrected chi connectivity index (χ4v) is 7.52. The van der Waals surface area contributed by atoms with Crippen molar-refractivity contribution in [2.45, 2.75) is 68.6 Å². The first-order valence-corrected chi connectivity index (χ1v) is 15.0. The summed E-state index contributed by atoms with van der Waals surface area (Å²) in [5.74, 6) is -0.684. The van der Waals surface area contributed by atoms with Gasteiger partial charge in [-0.25, -0.2) is 8.42 Å². The number of carbonyl (C=O) groups excluding carboxylic acids is 2. The molecule has 7 nitrogen and oxygen atoms in total. The number of amides is 2. The van der Waals surface area contributed by atoms with E-state index in [4.69, 9.17) is 11.6 Å². The van der Waals surface area contributed by atoms with E-state index in [1.807, 2.05) is 4.90 Å². The monoisotopic (exact) mass is 545 g/mol. The van der Waals surface area contributed by atoms with Gasteiger partial charge in [0.1, 0.15) is 6.04 Å². The van der Waals surface area contributed by atoms with E-state index in [-0.39, 0.29) is 35.6 Å². The summed E-state index contributed by atoms with van der Waals surface area (Å²) in [5.41, 5.74) is 0.405. The van der Waals surface area contributed by atoms with E-state index in [1.54, 1.807) is 54.6 Å². The van der Waals surface area contributed by atoms with E-state index < -0.39 is 15.9 Å². The smallest absolute Gasteiger partial charge is 0.251 e. The molecule has 4 rings (SSSR count). The summed E-state index contributed by atoms with van der Waals surface area (Å²) in [6.45, 7) is 4.77. The Hall–Kier alpha value is -2.42. The molecule has 1 unspecified atom stereocenters. The van der Waals surface area contributed by atoms with Gasteiger partial charge >= 0.3 is 0 Å². The van der Waals surface area contributed by atoms with Crippen molar-refractivity contribution >= 4 is 33.3 Å². The maximum atomic E-state index is 13.5. The van der Waals surface area contributed by atoms with Gasteiger partial charge in [-0.2, -0.15) is 0 Å². The fourth-order valence-electron chi connectivity index (χ4n) is 5.65. The molecule has 0 aromatic heterocycles. The molecule has 37 heavy (non-hydrogen) atoms. The molecule has 1 heterocycles. The number of hydrogen-bond donors (Lipinski definition) is 1. The molecule has 2 aromatic rings. The van der Waals surface area contributed by atoms with Crippen molar-refractivity contribution in [3.63, 3.8) is 0 Å². The van der Waals surface area contributed by atoms with Gasteiger partial charge < -0.3 is 15.1 Å². The lowest BCUT2D eigenvalue weighted by Crippen LogP contribution is -2.53. The van der Waals surface area contributed by atoms with Crippen LogP contribution in [-0.4, -0.2) is 73.5 Å². The summed E-state index contributed by atoms with van der Waals surface area (Å²) in [7, 11) is -1.44. The van der Waals surface area contributed by atoms with Crippen LogP contribution in [0.25, 0.3) is 0 Å². The summed E-state index contributed by atoms with van der Waals surface area (Å²) in [4.78, 5) is 30.7. The minimum Gasteiger partial charge on any atom is -0.340 e. The van der Waals surface area contributed by atoms with Crippen LogP contribution in [-0.2, 0) is 14.6 Å². The molecular formula is C28H36ClN3O4S. The Bertz CT molecular complexity index is 1220. The third-order valence-corrected chi connectivity index (χ3v) is 9.97. The summed E-state index contributed by atoms with van der Waals surface area (Å²) < 4.78 is 26.7. The zero-order valence-electron chi connectivity index (χ0n) is 21.6. The van der Waals surface area contributed by atoms with Crippen LogP contribution in [0.2, 0.25) is 5.02 Å². The first-order chi connectivity index (χ1) is 17.6. The molecule has 9 heteroatoms. The van der Waals surface area contributed by atoms with Crippen LogP contribution in [0.5, 0.6) is 0 Å². The van der Waals surface area contributed by atoms with Gasteiger partial charge in [-0.3, -0.25) is 9.59 Å². The van der Waals surface area contributed by atoms with E-state index in [0.29, 0.717) is 40.9 Å². The number of hydrogen-bond acceptors (Lipinski definition) is 5. The number of nitrogens with one attached hydrogen (secondary N) is 1. The third kappa shape index (κ3) is 6.36. The molecule has 2 amide bonds. The molecule has 1 saturated carbocycles. The lowest BCUT2D eigenvalue weighted by atomic mass is 9.81. The van der Waals surface area contributed by atoms with Crippen LogP contribution in [0.1, 0.15) is 49.9 Å². The molecule has 1 N–H and O–H groups in total.